The second-order valence-electron chi connectivity index (χ2n) is 6.19. The fourth-order valence-corrected chi connectivity index (χ4v) is 3.63. The van der Waals surface area contributed by atoms with Gasteiger partial charge in [-0.15, -0.1) is 11.8 Å². The van der Waals surface area contributed by atoms with E-state index < -0.39 is 16.8 Å². The zero-order valence-electron chi connectivity index (χ0n) is 15.9. The number of nitrogens with one attached hydrogen (secondary N) is 1. The number of nitriles is 1. The molecule has 0 aromatic heterocycles. The molecule has 0 bridgehead atoms. The lowest BCUT2D eigenvalue weighted by molar-refractivity contribution is -0.384. The van der Waals surface area contributed by atoms with Gasteiger partial charge in [0.1, 0.15) is 0 Å². The van der Waals surface area contributed by atoms with Gasteiger partial charge < -0.3 is 15.8 Å². The lowest BCUT2D eigenvalue weighted by atomic mass is 9.81. The highest BCUT2D eigenvalue weighted by molar-refractivity contribution is 8.00. The summed E-state index contributed by atoms with van der Waals surface area (Å²) in [6, 6.07) is 8.10. The molecule has 1 aromatic carbocycles. The van der Waals surface area contributed by atoms with Crippen molar-refractivity contribution in [3.8, 4) is 6.07 Å². The maximum absolute atomic E-state index is 12.8. The van der Waals surface area contributed by atoms with E-state index in [-0.39, 0.29) is 23.2 Å². The van der Waals surface area contributed by atoms with Crippen molar-refractivity contribution in [2.45, 2.75) is 32.1 Å². The Balaban J connectivity index is 2.67. The van der Waals surface area contributed by atoms with E-state index in [9.17, 15) is 20.2 Å². The van der Waals surface area contributed by atoms with Gasteiger partial charge in [-0.1, -0.05) is 12.1 Å². The number of carbonyl (C=O) groups is 1. The van der Waals surface area contributed by atoms with E-state index >= 15 is 0 Å². The van der Waals surface area contributed by atoms with Crippen molar-refractivity contribution >= 4 is 23.4 Å². The first-order valence-corrected chi connectivity index (χ1v) is 9.74. The van der Waals surface area contributed by atoms with Gasteiger partial charge in [0.15, 0.2) is 0 Å². The number of dihydropyridines is 1. The van der Waals surface area contributed by atoms with Crippen LogP contribution in [0.1, 0.15) is 32.3 Å². The summed E-state index contributed by atoms with van der Waals surface area (Å²) in [5.41, 5.74) is 7.98. The predicted molar refractivity (Wildman–Crippen MR) is 107 cm³/mol. The average Bonchev–Trinajstić information content (AvgIpc) is 2.65. The number of esters is 1. The second-order valence-corrected chi connectivity index (χ2v) is 7.55. The van der Waals surface area contributed by atoms with Crippen molar-refractivity contribution in [1.29, 1.82) is 5.26 Å². The highest BCUT2D eigenvalue weighted by atomic mass is 32.2. The van der Waals surface area contributed by atoms with Crippen LogP contribution >= 0.6 is 11.8 Å². The van der Waals surface area contributed by atoms with Crippen LogP contribution in [-0.4, -0.2) is 28.6 Å². The van der Waals surface area contributed by atoms with Crippen LogP contribution in [0.3, 0.4) is 0 Å². The third kappa shape index (κ3) is 4.71. The van der Waals surface area contributed by atoms with Gasteiger partial charge in [0.25, 0.3) is 5.69 Å². The van der Waals surface area contributed by atoms with Crippen LogP contribution < -0.4 is 11.1 Å². The second kappa shape index (κ2) is 9.39. The van der Waals surface area contributed by atoms with Crippen molar-refractivity contribution in [3.63, 3.8) is 0 Å². The largest absolute Gasteiger partial charge is 0.463 e. The van der Waals surface area contributed by atoms with Gasteiger partial charge in [0, 0.05) is 34.7 Å². The Morgan fingerprint density at radius 2 is 2.25 bits per heavy atom. The Hall–Kier alpha value is -2.83. The molecule has 2 atom stereocenters. The standard InChI is InChI=1S/C19H22N4O4S/c1-4-27-19(24)18-16(10-28-12(3)21)22-11(2)15(9-20)17(18)13-6-5-7-14(8-13)23(25)26/h5-8,12,17,22H,4,10,21H2,1-3H3/t12?,17-/m0/s1. The molecule has 1 aliphatic rings. The SMILES string of the molecule is CCOC(=O)C1=C(CSC(C)N)NC(C)=C(C#N)[C@@H]1c1cccc([N+](=O)[O-])c1. The number of carbonyl (C=O) groups excluding carboxylic acids is 1. The quantitative estimate of drug-likeness (QED) is 0.308. The fourth-order valence-electron chi connectivity index (χ4n) is 2.97. The zero-order valence-corrected chi connectivity index (χ0v) is 16.7. The van der Waals surface area contributed by atoms with Gasteiger partial charge in [-0.25, -0.2) is 4.79 Å². The van der Waals surface area contributed by atoms with E-state index in [0.29, 0.717) is 28.3 Å². The van der Waals surface area contributed by atoms with Gasteiger partial charge >= 0.3 is 5.97 Å². The summed E-state index contributed by atoms with van der Waals surface area (Å²) in [5.74, 6) is -0.909. The van der Waals surface area contributed by atoms with E-state index in [0.717, 1.165) is 0 Å². The highest BCUT2D eigenvalue weighted by Crippen LogP contribution is 2.40. The molecule has 1 heterocycles. The number of ether oxygens (including phenoxy) is 1. The summed E-state index contributed by atoms with van der Waals surface area (Å²) in [6.07, 6.45) is 0. The van der Waals surface area contributed by atoms with E-state index in [2.05, 4.69) is 11.4 Å². The van der Waals surface area contributed by atoms with E-state index in [1.165, 1.54) is 23.9 Å². The molecule has 0 amide bonds. The highest BCUT2D eigenvalue weighted by Gasteiger charge is 2.36. The molecular weight excluding hydrogens is 380 g/mol. The molecule has 0 spiro atoms. The van der Waals surface area contributed by atoms with Crippen molar-refractivity contribution < 1.29 is 14.5 Å². The van der Waals surface area contributed by atoms with Gasteiger partial charge in [-0.05, 0) is 26.3 Å². The Labute approximate surface area is 167 Å². The Morgan fingerprint density at radius 1 is 1.54 bits per heavy atom. The molecule has 1 aliphatic heterocycles. The Kier molecular flexibility index (Phi) is 7.20. The van der Waals surface area contributed by atoms with E-state index in [4.69, 9.17) is 10.5 Å². The summed E-state index contributed by atoms with van der Waals surface area (Å²) in [4.78, 5) is 23.5. The van der Waals surface area contributed by atoms with Gasteiger partial charge in [0.2, 0.25) is 0 Å². The maximum Gasteiger partial charge on any atom is 0.336 e. The molecule has 0 saturated heterocycles. The van der Waals surface area contributed by atoms with Gasteiger partial charge in [-0.3, -0.25) is 10.1 Å². The minimum Gasteiger partial charge on any atom is -0.463 e. The molecular formula is C19H22N4O4S. The average molecular weight is 402 g/mol. The first-order valence-electron chi connectivity index (χ1n) is 8.69. The zero-order chi connectivity index (χ0) is 20.8. The van der Waals surface area contributed by atoms with Crippen LogP contribution in [0.25, 0.3) is 0 Å². The maximum atomic E-state index is 12.8. The van der Waals surface area contributed by atoms with Crippen LogP contribution in [0, 0.1) is 21.4 Å². The first-order chi connectivity index (χ1) is 13.3. The van der Waals surface area contributed by atoms with E-state index in [1.807, 2.05) is 6.92 Å². The van der Waals surface area contributed by atoms with Crippen molar-refractivity contribution in [1.82, 2.24) is 5.32 Å². The lowest BCUT2D eigenvalue weighted by Gasteiger charge is -2.30. The van der Waals surface area contributed by atoms with Crippen LogP contribution in [0.5, 0.6) is 0 Å². The molecule has 0 radical (unpaired) electrons. The summed E-state index contributed by atoms with van der Waals surface area (Å²) in [7, 11) is 0. The third-order valence-corrected chi connectivity index (χ3v) is 5.15. The molecule has 0 saturated carbocycles. The number of rotatable bonds is 7. The first kappa shape index (κ1) is 21.5. The smallest absolute Gasteiger partial charge is 0.336 e. The summed E-state index contributed by atoms with van der Waals surface area (Å²) >= 11 is 1.43. The molecule has 3 N–H and O–H groups in total. The number of nitro groups is 1. The minimum absolute atomic E-state index is 0.110. The molecule has 8 nitrogen and oxygen atoms in total. The summed E-state index contributed by atoms with van der Waals surface area (Å²) in [5, 5.41) is 23.9. The number of nitrogens with two attached hydrogens (primary N) is 1. The Bertz CT molecular complexity index is 886. The van der Waals surface area contributed by atoms with E-state index in [1.54, 1.807) is 26.0 Å². The molecule has 148 valence electrons. The van der Waals surface area contributed by atoms with Crippen molar-refractivity contribution in [2.24, 2.45) is 5.73 Å². The number of non-ortho nitro benzene ring substituents is 1. The van der Waals surface area contributed by atoms with Crippen LogP contribution in [0.2, 0.25) is 0 Å². The number of nitrogens with zero attached hydrogens (tertiary/aromatic N) is 2. The number of thioether (sulfide) groups is 1. The molecule has 28 heavy (non-hydrogen) atoms. The van der Waals surface area contributed by atoms with Crippen LogP contribution in [0.15, 0.2) is 46.8 Å². The number of hydrogen-bond donors (Lipinski definition) is 2. The topological polar surface area (TPSA) is 131 Å². The monoisotopic (exact) mass is 402 g/mol. The van der Waals surface area contributed by atoms with Crippen LogP contribution in [0.4, 0.5) is 5.69 Å². The number of hydrogen-bond acceptors (Lipinski definition) is 8. The van der Waals surface area contributed by atoms with Gasteiger partial charge in [-0.2, -0.15) is 5.26 Å². The molecule has 1 unspecified atom stereocenters. The molecule has 9 heteroatoms. The van der Waals surface area contributed by atoms with Crippen molar-refractivity contribution in [2.75, 3.05) is 12.4 Å². The fraction of sp³-hybridized carbons (Fsp3) is 0.368. The Morgan fingerprint density at radius 3 is 2.82 bits per heavy atom. The molecule has 0 fully saturated rings. The summed E-state index contributed by atoms with van der Waals surface area (Å²) < 4.78 is 5.23. The van der Waals surface area contributed by atoms with Crippen LogP contribution in [-0.2, 0) is 9.53 Å². The number of benzene rings is 1. The third-order valence-electron chi connectivity index (χ3n) is 4.17. The van der Waals surface area contributed by atoms with Crippen molar-refractivity contribution in [3.05, 3.63) is 62.5 Å². The molecule has 2 rings (SSSR count). The lowest BCUT2D eigenvalue weighted by Crippen LogP contribution is -2.31. The number of nitro benzene ring substituents is 1. The predicted octanol–water partition coefficient (Wildman–Crippen LogP) is 2.93. The minimum atomic E-state index is -0.756. The van der Waals surface area contributed by atoms with Gasteiger partial charge in [0.05, 0.1) is 34.7 Å². The number of allylic oxidation sites excluding steroid dienone is 2. The molecule has 0 aliphatic carbocycles. The molecule has 1 aromatic rings. The summed E-state index contributed by atoms with van der Waals surface area (Å²) in [6.45, 7) is 5.43. The normalized spacial score (nSPS) is 17.6.